The van der Waals surface area contributed by atoms with Gasteiger partial charge in [0.05, 0.1) is 11.1 Å². The third-order valence-corrected chi connectivity index (χ3v) is 4.20. The van der Waals surface area contributed by atoms with Crippen LogP contribution in [0.1, 0.15) is 12.0 Å². The van der Waals surface area contributed by atoms with E-state index in [1.54, 1.807) is 11.9 Å². The number of H-pyrrole nitrogens is 1. The van der Waals surface area contributed by atoms with Crippen LogP contribution < -0.4 is 10.9 Å². The molecule has 0 radical (unpaired) electrons. The fraction of sp³-hybridized carbons (Fsp3) is 0.438. The molecule has 1 saturated heterocycles. The lowest BCUT2D eigenvalue weighted by Gasteiger charge is -2.32. The first-order valence-electron chi connectivity index (χ1n) is 8.10. The van der Waals surface area contributed by atoms with E-state index in [1.807, 2.05) is 0 Å². The standard InChI is InChI=1S/C16H17F4N5O2/c1-25-6-9(17)5-10(7-25)21-14-15(27)22-13(23-24-14)11-3-2-8(4-12(11)26)16(18,19)20/h2-4,9-10,26H,5-7H2,1H3,(H,21,24)(H,22,23,27)/t9-,10+/m0/s1. The summed E-state index contributed by atoms with van der Waals surface area (Å²) in [6.45, 7) is 0.829. The molecule has 7 nitrogen and oxygen atoms in total. The summed E-state index contributed by atoms with van der Waals surface area (Å²) in [5.41, 5.74) is -1.80. The predicted octanol–water partition coefficient (Wildman–Crippen LogP) is 2.01. The lowest BCUT2D eigenvalue weighted by atomic mass is 10.1. The predicted molar refractivity (Wildman–Crippen MR) is 89.2 cm³/mol. The fourth-order valence-corrected chi connectivity index (χ4v) is 3.01. The molecule has 1 fully saturated rings. The van der Waals surface area contributed by atoms with Crippen molar-refractivity contribution in [3.8, 4) is 17.1 Å². The minimum absolute atomic E-state index is 0.0969. The third-order valence-electron chi connectivity index (χ3n) is 4.20. The number of aromatic amines is 1. The van der Waals surface area contributed by atoms with Gasteiger partial charge in [-0.2, -0.15) is 13.2 Å². The van der Waals surface area contributed by atoms with Gasteiger partial charge in [0.25, 0.3) is 5.56 Å². The quantitative estimate of drug-likeness (QED) is 0.698. The topological polar surface area (TPSA) is 94.1 Å². The zero-order valence-corrected chi connectivity index (χ0v) is 14.2. The molecule has 0 spiro atoms. The second kappa shape index (κ2) is 7.14. The van der Waals surface area contributed by atoms with Crippen LogP contribution in [0.4, 0.5) is 23.4 Å². The number of aromatic nitrogens is 3. The Bertz CT molecular complexity index is 876. The van der Waals surface area contributed by atoms with Crippen LogP contribution in [0.5, 0.6) is 5.75 Å². The van der Waals surface area contributed by atoms with Crippen molar-refractivity contribution in [2.24, 2.45) is 0 Å². The van der Waals surface area contributed by atoms with E-state index in [-0.39, 0.29) is 29.7 Å². The first-order valence-corrected chi connectivity index (χ1v) is 8.10. The smallest absolute Gasteiger partial charge is 0.416 e. The van der Waals surface area contributed by atoms with Crippen molar-refractivity contribution in [2.75, 3.05) is 25.5 Å². The number of rotatable bonds is 3. The highest BCUT2D eigenvalue weighted by atomic mass is 19.4. The molecule has 2 heterocycles. The Labute approximate surface area is 151 Å². The molecular formula is C16H17F4N5O2. The average Bonchev–Trinajstić information content (AvgIpc) is 2.55. The average molecular weight is 387 g/mol. The molecule has 2 atom stereocenters. The molecule has 3 N–H and O–H groups in total. The van der Waals surface area contributed by atoms with Gasteiger partial charge in [-0.3, -0.25) is 4.79 Å². The number of likely N-dealkylation sites (N-methyl/N-ethyl adjacent to an activating group) is 1. The minimum atomic E-state index is -4.61. The molecule has 0 saturated carbocycles. The van der Waals surface area contributed by atoms with Gasteiger partial charge in [0.15, 0.2) is 5.82 Å². The summed E-state index contributed by atoms with van der Waals surface area (Å²) in [5.74, 6) is -0.997. The first-order chi connectivity index (χ1) is 12.6. The van der Waals surface area contributed by atoms with Gasteiger partial charge in [-0.1, -0.05) is 0 Å². The van der Waals surface area contributed by atoms with Gasteiger partial charge in [-0.15, -0.1) is 10.2 Å². The Balaban J connectivity index is 1.82. The number of alkyl halides is 4. The Hall–Kier alpha value is -2.69. The van der Waals surface area contributed by atoms with Crippen LogP contribution in [-0.2, 0) is 6.18 Å². The van der Waals surface area contributed by atoms with E-state index in [9.17, 15) is 27.5 Å². The van der Waals surface area contributed by atoms with E-state index < -0.39 is 29.2 Å². The number of hydrogen-bond donors (Lipinski definition) is 3. The summed E-state index contributed by atoms with van der Waals surface area (Å²) < 4.78 is 51.6. The number of piperidine rings is 1. The monoisotopic (exact) mass is 387 g/mol. The Kier molecular flexibility index (Phi) is 5.05. The number of anilines is 1. The molecule has 1 aromatic heterocycles. The van der Waals surface area contributed by atoms with Crippen LogP contribution >= 0.6 is 0 Å². The zero-order valence-electron chi connectivity index (χ0n) is 14.2. The Morgan fingerprint density at radius 1 is 1.30 bits per heavy atom. The van der Waals surface area contributed by atoms with Crippen LogP contribution in [0.2, 0.25) is 0 Å². The van der Waals surface area contributed by atoms with E-state index >= 15 is 0 Å². The number of phenolic OH excluding ortho intramolecular Hbond substituents is 1. The van der Waals surface area contributed by atoms with Crippen molar-refractivity contribution >= 4 is 5.82 Å². The highest BCUT2D eigenvalue weighted by Crippen LogP contribution is 2.35. The largest absolute Gasteiger partial charge is 0.507 e. The summed E-state index contributed by atoms with van der Waals surface area (Å²) in [6.07, 6.45) is -5.42. The maximum Gasteiger partial charge on any atom is 0.416 e. The first kappa shape index (κ1) is 19.1. The Morgan fingerprint density at radius 2 is 2.04 bits per heavy atom. The van der Waals surface area contributed by atoms with Gasteiger partial charge in [-0.25, -0.2) is 4.39 Å². The number of likely N-dealkylation sites (tertiary alicyclic amines) is 1. The van der Waals surface area contributed by atoms with Crippen LogP contribution in [-0.4, -0.2) is 57.5 Å². The summed E-state index contributed by atoms with van der Waals surface area (Å²) in [4.78, 5) is 16.3. The molecule has 0 amide bonds. The number of aromatic hydroxyl groups is 1. The molecule has 3 rings (SSSR count). The lowest BCUT2D eigenvalue weighted by molar-refractivity contribution is -0.137. The van der Waals surface area contributed by atoms with Crippen LogP contribution in [0.3, 0.4) is 0 Å². The molecule has 0 aliphatic carbocycles. The van der Waals surface area contributed by atoms with Crippen molar-refractivity contribution in [1.29, 1.82) is 0 Å². The number of halogens is 4. The van der Waals surface area contributed by atoms with Gasteiger partial charge in [0.2, 0.25) is 5.82 Å². The zero-order chi connectivity index (χ0) is 19.8. The van der Waals surface area contributed by atoms with Crippen LogP contribution in [0, 0.1) is 0 Å². The maximum absolute atomic E-state index is 13.6. The van der Waals surface area contributed by atoms with E-state index in [1.165, 1.54) is 0 Å². The summed E-state index contributed by atoms with van der Waals surface area (Å²) in [6, 6.07) is 1.97. The molecule has 2 aromatic rings. The molecule has 11 heteroatoms. The van der Waals surface area contributed by atoms with Gasteiger partial charge in [0.1, 0.15) is 11.9 Å². The highest BCUT2D eigenvalue weighted by molar-refractivity contribution is 5.64. The van der Waals surface area contributed by atoms with Crippen molar-refractivity contribution in [3.63, 3.8) is 0 Å². The number of phenols is 1. The van der Waals surface area contributed by atoms with E-state index in [0.29, 0.717) is 19.2 Å². The molecular weight excluding hydrogens is 370 g/mol. The van der Waals surface area contributed by atoms with Crippen molar-refractivity contribution in [2.45, 2.75) is 24.8 Å². The molecule has 1 aliphatic rings. The molecule has 146 valence electrons. The van der Waals surface area contributed by atoms with Crippen LogP contribution in [0.25, 0.3) is 11.4 Å². The van der Waals surface area contributed by atoms with Crippen molar-refractivity contribution < 1.29 is 22.7 Å². The number of hydrogen-bond acceptors (Lipinski definition) is 6. The second-order valence-electron chi connectivity index (χ2n) is 6.48. The molecule has 0 unspecified atom stereocenters. The second-order valence-corrected chi connectivity index (χ2v) is 6.48. The normalized spacial score (nSPS) is 21.2. The molecule has 0 bridgehead atoms. The number of nitrogens with zero attached hydrogens (tertiary/aromatic N) is 3. The summed E-state index contributed by atoms with van der Waals surface area (Å²) in [5, 5.41) is 20.1. The molecule has 1 aliphatic heterocycles. The molecule has 1 aromatic carbocycles. The maximum atomic E-state index is 13.6. The minimum Gasteiger partial charge on any atom is -0.507 e. The molecule has 27 heavy (non-hydrogen) atoms. The summed E-state index contributed by atoms with van der Waals surface area (Å²) >= 11 is 0. The van der Waals surface area contributed by atoms with Crippen molar-refractivity contribution in [3.05, 3.63) is 34.1 Å². The van der Waals surface area contributed by atoms with E-state index in [0.717, 1.165) is 12.1 Å². The van der Waals surface area contributed by atoms with E-state index in [4.69, 9.17) is 0 Å². The van der Waals surface area contributed by atoms with E-state index in [2.05, 4.69) is 20.5 Å². The number of benzene rings is 1. The summed E-state index contributed by atoms with van der Waals surface area (Å²) in [7, 11) is 1.76. The van der Waals surface area contributed by atoms with Gasteiger partial charge < -0.3 is 20.3 Å². The SMILES string of the molecule is CN1C[C@@H](F)C[C@@H](Nc2nnc(-c3ccc(C(F)(F)F)cc3O)[nH]c2=O)C1. The van der Waals surface area contributed by atoms with Gasteiger partial charge in [0, 0.05) is 25.6 Å². The lowest BCUT2D eigenvalue weighted by Crippen LogP contribution is -2.46. The highest BCUT2D eigenvalue weighted by Gasteiger charge is 2.31. The Morgan fingerprint density at radius 3 is 2.63 bits per heavy atom. The fourth-order valence-electron chi connectivity index (χ4n) is 3.01. The number of nitrogens with one attached hydrogen (secondary N) is 2. The third kappa shape index (κ3) is 4.35. The van der Waals surface area contributed by atoms with Gasteiger partial charge >= 0.3 is 6.18 Å². The van der Waals surface area contributed by atoms with Gasteiger partial charge in [-0.05, 0) is 25.2 Å². The van der Waals surface area contributed by atoms with Crippen LogP contribution in [0.15, 0.2) is 23.0 Å². The van der Waals surface area contributed by atoms with Crippen molar-refractivity contribution in [1.82, 2.24) is 20.1 Å².